The predicted molar refractivity (Wildman–Crippen MR) is 61.4 cm³/mol. The Kier molecular flexibility index (Phi) is 4.43. The van der Waals surface area contributed by atoms with Gasteiger partial charge in [-0.2, -0.15) is 0 Å². The molecule has 0 bridgehead atoms. The number of carbonyl (C=O) groups excluding carboxylic acids is 1. The van der Waals surface area contributed by atoms with Crippen LogP contribution in [0, 0.1) is 10.1 Å². The average Bonchev–Trinajstić information content (AvgIpc) is 2.15. The Morgan fingerprint density at radius 2 is 2.12 bits per heavy atom. The summed E-state index contributed by atoms with van der Waals surface area (Å²) in [6.07, 6.45) is 0.144. The van der Waals surface area contributed by atoms with Crippen molar-refractivity contribution in [1.82, 2.24) is 0 Å². The van der Waals surface area contributed by atoms with E-state index < -0.39 is 10.8 Å². The zero-order chi connectivity index (χ0) is 12.1. The van der Waals surface area contributed by atoms with Gasteiger partial charge >= 0.3 is 0 Å². The topological polar surface area (TPSA) is 60.2 Å². The first-order valence-corrected chi connectivity index (χ1v) is 5.24. The molecule has 1 rings (SSSR count). The van der Waals surface area contributed by atoms with E-state index in [4.69, 9.17) is 11.6 Å². The highest BCUT2D eigenvalue weighted by Gasteiger charge is 2.21. The first kappa shape index (κ1) is 12.6. The largest absolute Gasteiger partial charge is 0.300 e. The smallest absolute Gasteiger partial charge is 0.211 e. The normalized spacial score (nSPS) is 12.1. The van der Waals surface area contributed by atoms with E-state index in [1.165, 1.54) is 6.92 Å². The highest BCUT2D eigenvalue weighted by molar-refractivity contribution is 6.31. The molecule has 1 aromatic carbocycles. The zero-order valence-corrected chi connectivity index (χ0v) is 9.61. The van der Waals surface area contributed by atoms with E-state index in [2.05, 4.69) is 0 Å². The second kappa shape index (κ2) is 5.61. The van der Waals surface area contributed by atoms with Gasteiger partial charge in [0.15, 0.2) is 0 Å². The molecular formula is C11H12ClNO3. The van der Waals surface area contributed by atoms with Crippen molar-refractivity contribution in [3.8, 4) is 0 Å². The van der Waals surface area contributed by atoms with E-state index in [1.807, 2.05) is 0 Å². The van der Waals surface area contributed by atoms with Crippen molar-refractivity contribution in [3.63, 3.8) is 0 Å². The molecule has 16 heavy (non-hydrogen) atoms. The monoisotopic (exact) mass is 241 g/mol. The Labute approximate surface area is 98.4 Å². The molecule has 0 aliphatic rings. The maximum absolute atomic E-state index is 11.1. The van der Waals surface area contributed by atoms with Crippen LogP contribution in [0.1, 0.15) is 24.8 Å². The van der Waals surface area contributed by atoms with Crippen LogP contribution in [-0.2, 0) is 4.79 Å². The van der Waals surface area contributed by atoms with Gasteiger partial charge in [-0.25, -0.2) is 0 Å². The van der Waals surface area contributed by atoms with Crippen molar-refractivity contribution in [3.05, 3.63) is 45.0 Å². The molecule has 0 radical (unpaired) electrons. The SMILES string of the molecule is CC(=O)C[C@H](C[N+](=O)[O-])c1ccccc1Cl. The van der Waals surface area contributed by atoms with Crippen LogP contribution in [-0.4, -0.2) is 17.3 Å². The molecule has 1 aromatic rings. The molecule has 0 saturated carbocycles. The summed E-state index contributed by atoms with van der Waals surface area (Å²) in [6, 6.07) is 6.90. The second-order valence-electron chi connectivity index (χ2n) is 3.64. The van der Waals surface area contributed by atoms with E-state index in [0.29, 0.717) is 10.6 Å². The number of nitrogens with zero attached hydrogens (tertiary/aromatic N) is 1. The molecule has 0 unspecified atom stereocenters. The molecule has 0 aliphatic heterocycles. The summed E-state index contributed by atoms with van der Waals surface area (Å²) in [5.41, 5.74) is 0.663. The summed E-state index contributed by atoms with van der Waals surface area (Å²) in [4.78, 5) is 21.2. The minimum atomic E-state index is -0.443. The Morgan fingerprint density at radius 3 is 2.62 bits per heavy atom. The lowest BCUT2D eigenvalue weighted by Gasteiger charge is -2.12. The molecule has 0 N–H and O–H groups in total. The first-order valence-electron chi connectivity index (χ1n) is 4.86. The Hall–Kier alpha value is -1.42. The fourth-order valence-corrected chi connectivity index (χ4v) is 1.90. The third-order valence-corrected chi connectivity index (χ3v) is 2.59. The Balaban J connectivity index is 2.96. The number of rotatable bonds is 5. The minimum absolute atomic E-state index is 0.0771. The fraction of sp³-hybridized carbons (Fsp3) is 0.364. The van der Waals surface area contributed by atoms with Gasteiger partial charge < -0.3 is 4.79 Å². The summed E-state index contributed by atoms with van der Waals surface area (Å²) in [7, 11) is 0. The standard InChI is InChI=1S/C11H12ClNO3/c1-8(14)6-9(7-13(15)16)10-4-2-3-5-11(10)12/h2-5,9H,6-7H2,1H3/t9-/m1/s1. The summed E-state index contributed by atoms with van der Waals surface area (Å²) < 4.78 is 0. The van der Waals surface area contributed by atoms with Crippen molar-refractivity contribution in [1.29, 1.82) is 0 Å². The molecule has 0 amide bonds. The molecular weight excluding hydrogens is 230 g/mol. The van der Waals surface area contributed by atoms with Gasteiger partial charge in [-0.05, 0) is 18.6 Å². The molecule has 86 valence electrons. The third-order valence-electron chi connectivity index (χ3n) is 2.25. The summed E-state index contributed by atoms with van der Waals surface area (Å²) in [5, 5.41) is 11.0. The number of hydrogen-bond acceptors (Lipinski definition) is 3. The molecule has 0 aliphatic carbocycles. The lowest BCUT2D eigenvalue weighted by molar-refractivity contribution is -0.483. The van der Waals surface area contributed by atoms with Gasteiger partial charge in [0.2, 0.25) is 6.54 Å². The zero-order valence-electron chi connectivity index (χ0n) is 8.85. The van der Waals surface area contributed by atoms with Crippen molar-refractivity contribution >= 4 is 17.4 Å². The van der Waals surface area contributed by atoms with Crippen molar-refractivity contribution in [2.24, 2.45) is 0 Å². The van der Waals surface area contributed by atoms with Gasteiger partial charge in [0.25, 0.3) is 0 Å². The number of benzene rings is 1. The number of ketones is 1. The van der Waals surface area contributed by atoms with Crippen LogP contribution in [0.15, 0.2) is 24.3 Å². The van der Waals surface area contributed by atoms with Gasteiger partial charge in [-0.3, -0.25) is 10.1 Å². The van der Waals surface area contributed by atoms with E-state index >= 15 is 0 Å². The van der Waals surface area contributed by atoms with Crippen LogP contribution in [0.25, 0.3) is 0 Å². The second-order valence-corrected chi connectivity index (χ2v) is 4.05. The third kappa shape index (κ3) is 3.62. The van der Waals surface area contributed by atoms with Gasteiger partial charge in [0.1, 0.15) is 5.78 Å². The molecule has 0 spiro atoms. The fourth-order valence-electron chi connectivity index (χ4n) is 1.61. The number of carbonyl (C=O) groups is 1. The Morgan fingerprint density at radius 1 is 1.50 bits per heavy atom. The maximum Gasteiger partial charge on any atom is 0.211 e. The molecule has 0 aromatic heterocycles. The summed E-state index contributed by atoms with van der Waals surface area (Å²) in [5.74, 6) is -0.520. The highest BCUT2D eigenvalue weighted by Crippen LogP contribution is 2.27. The van der Waals surface area contributed by atoms with Crippen molar-refractivity contribution < 1.29 is 9.72 Å². The lowest BCUT2D eigenvalue weighted by atomic mass is 9.94. The van der Waals surface area contributed by atoms with Crippen LogP contribution in [0.2, 0.25) is 5.02 Å². The quantitative estimate of drug-likeness (QED) is 0.588. The highest BCUT2D eigenvalue weighted by atomic mass is 35.5. The van der Waals surface area contributed by atoms with Crippen molar-refractivity contribution in [2.75, 3.05) is 6.54 Å². The van der Waals surface area contributed by atoms with Crippen LogP contribution in [0.3, 0.4) is 0 Å². The van der Waals surface area contributed by atoms with Gasteiger partial charge in [-0.1, -0.05) is 29.8 Å². The number of nitro groups is 1. The summed E-state index contributed by atoms with van der Waals surface area (Å²) >= 11 is 5.95. The molecule has 0 fully saturated rings. The molecule has 4 nitrogen and oxygen atoms in total. The Bertz CT molecular complexity index is 390. The van der Waals surface area contributed by atoms with Crippen LogP contribution in [0.4, 0.5) is 0 Å². The summed E-state index contributed by atoms with van der Waals surface area (Å²) in [6.45, 7) is 1.15. The number of Topliss-reactive ketones (excluding diaryl/α,β-unsaturated/α-hetero) is 1. The van der Waals surface area contributed by atoms with Gasteiger partial charge in [0, 0.05) is 16.4 Å². The van der Waals surface area contributed by atoms with Gasteiger partial charge in [-0.15, -0.1) is 0 Å². The van der Waals surface area contributed by atoms with Crippen LogP contribution < -0.4 is 0 Å². The van der Waals surface area contributed by atoms with E-state index in [0.717, 1.165) is 0 Å². The number of halogens is 1. The predicted octanol–water partition coefficient (Wildman–Crippen LogP) is 2.68. The molecule has 1 atom stereocenters. The van der Waals surface area contributed by atoms with Gasteiger partial charge in [0.05, 0.1) is 5.92 Å². The van der Waals surface area contributed by atoms with E-state index in [1.54, 1.807) is 24.3 Å². The van der Waals surface area contributed by atoms with Crippen LogP contribution >= 0.6 is 11.6 Å². The number of hydrogen-bond donors (Lipinski definition) is 0. The molecule has 0 heterocycles. The van der Waals surface area contributed by atoms with E-state index in [9.17, 15) is 14.9 Å². The first-order chi connectivity index (χ1) is 7.50. The lowest BCUT2D eigenvalue weighted by Crippen LogP contribution is -2.15. The molecule has 0 saturated heterocycles. The van der Waals surface area contributed by atoms with E-state index in [-0.39, 0.29) is 18.7 Å². The minimum Gasteiger partial charge on any atom is -0.300 e. The van der Waals surface area contributed by atoms with Crippen molar-refractivity contribution in [2.45, 2.75) is 19.3 Å². The van der Waals surface area contributed by atoms with Crippen LogP contribution in [0.5, 0.6) is 0 Å². The maximum atomic E-state index is 11.1. The molecule has 5 heteroatoms. The average molecular weight is 242 g/mol.